The quantitative estimate of drug-likeness (QED) is 0.434. The summed E-state index contributed by atoms with van der Waals surface area (Å²) in [5.74, 6) is 1.01. The third-order valence-electron chi connectivity index (χ3n) is 4.99. The number of nitrogens with one attached hydrogen (secondary N) is 1. The maximum absolute atomic E-state index is 12.7. The highest BCUT2D eigenvalue weighted by Crippen LogP contribution is 2.27. The van der Waals surface area contributed by atoms with Crippen molar-refractivity contribution in [3.8, 4) is 11.4 Å². The van der Waals surface area contributed by atoms with Gasteiger partial charge in [0.15, 0.2) is 0 Å². The summed E-state index contributed by atoms with van der Waals surface area (Å²) in [5, 5.41) is 7.62. The number of anilines is 1. The molecule has 4 rings (SSSR count). The number of hydrogen-bond acceptors (Lipinski definition) is 5. The van der Waals surface area contributed by atoms with Crippen molar-refractivity contribution in [2.75, 3.05) is 18.4 Å². The van der Waals surface area contributed by atoms with Crippen molar-refractivity contribution in [3.63, 3.8) is 0 Å². The Kier molecular flexibility index (Phi) is 6.87. The predicted molar refractivity (Wildman–Crippen MR) is 123 cm³/mol. The second-order valence-corrected chi connectivity index (χ2v) is 9.39. The van der Waals surface area contributed by atoms with Crippen LogP contribution in [-0.4, -0.2) is 34.0 Å². The van der Waals surface area contributed by atoms with E-state index < -0.39 is 0 Å². The average Bonchev–Trinajstić information content (AvgIpc) is 3.20. The van der Waals surface area contributed by atoms with Crippen LogP contribution in [-0.2, 0) is 11.3 Å². The van der Waals surface area contributed by atoms with Crippen molar-refractivity contribution in [2.24, 2.45) is 5.92 Å². The molecular weight excluding hydrogens is 536 g/mol. The normalized spacial score (nSPS) is 17.1. The van der Waals surface area contributed by atoms with Gasteiger partial charge in [0, 0.05) is 26.7 Å². The van der Waals surface area contributed by atoms with Gasteiger partial charge < -0.3 is 9.84 Å². The van der Waals surface area contributed by atoms with Gasteiger partial charge in [0.1, 0.15) is 0 Å². The van der Waals surface area contributed by atoms with E-state index >= 15 is 0 Å². The fourth-order valence-electron chi connectivity index (χ4n) is 3.46. The number of carbonyl (C=O) groups excluding carboxylic acids is 1. The van der Waals surface area contributed by atoms with Gasteiger partial charge in [-0.25, -0.2) is 0 Å². The Balaban J connectivity index is 1.36. The number of benzene rings is 2. The van der Waals surface area contributed by atoms with E-state index in [0.29, 0.717) is 35.5 Å². The van der Waals surface area contributed by atoms with Crippen molar-refractivity contribution < 1.29 is 9.32 Å². The molecule has 1 saturated heterocycles. The molecule has 156 valence electrons. The average molecular weight is 555 g/mol. The number of rotatable bonds is 5. The highest BCUT2D eigenvalue weighted by molar-refractivity contribution is 9.10. The SMILES string of the molecule is O=C(Nc1ccc(Br)c(Cl)c1)C1CCCN(Cc2nc(-c3ccc(Br)cc3)no2)C1. The first-order chi connectivity index (χ1) is 14.5. The van der Waals surface area contributed by atoms with E-state index in [1.165, 1.54) is 0 Å². The zero-order chi connectivity index (χ0) is 21.1. The number of halogens is 3. The minimum atomic E-state index is -0.102. The molecule has 1 fully saturated rings. The Morgan fingerprint density at radius 2 is 2.03 bits per heavy atom. The number of nitrogens with zero attached hydrogens (tertiary/aromatic N) is 3. The topological polar surface area (TPSA) is 71.3 Å². The van der Waals surface area contributed by atoms with Gasteiger partial charge in [0.05, 0.1) is 17.5 Å². The van der Waals surface area contributed by atoms with Crippen molar-refractivity contribution in [1.29, 1.82) is 0 Å². The molecule has 0 aliphatic carbocycles. The van der Waals surface area contributed by atoms with Gasteiger partial charge in [0.25, 0.3) is 0 Å². The molecule has 3 aromatic rings. The molecule has 9 heteroatoms. The molecule has 1 atom stereocenters. The van der Waals surface area contributed by atoms with Crippen molar-refractivity contribution in [1.82, 2.24) is 15.0 Å². The summed E-state index contributed by atoms with van der Waals surface area (Å²) in [7, 11) is 0. The Labute approximate surface area is 196 Å². The number of likely N-dealkylation sites (tertiary alicyclic amines) is 1. The first-order valence-electron chi connectivity index (χ1n) is 9.55. The Bertz CT molecular complexity index is 1040. The summed E-state index contributed by atoms with van der Waals surface area (Å²) in [4.78, 5) is 19.4. The molecule has 1 amide bonds. The van der Waals surface area contributed by atoms with E-state index in [9.17, 15) is 4.79 Å². The first kappa shape index (κ1) is 21.5. The second kappa shape index (κ2) is 9.60. The molecule has 1 N–H and O–H groups in total. The van der Waals surface area contributed by atoms with Crippen LogP contribution in [0.25, 0.3) is 11.4 Å². The maximum Gasteiger partial charge on any atom is 0.241 e. The minimum Gasteiger partial charge on any atom is -0.338 e. The van der Waals surface area contributed by atoms with Gasteiger partial charge in [0.2, 0.25) is 17.6 Å². The Morgan fingerprint density at radius 3 is 2.80 bits per heavy atom. The Morgan fingerprint density at radius 1 is 1.23 bits per heavy atom. The molecule has 0 radical (unpaired) electrons. The summed E-state index contributed by atoms with van der Waals surface area (Å²) < 4.78 is 7.23. The third kappa shape index (κ3) is 5.29. The largest absolute Gasteiger partial charge is 0.338 e. The van der Waals surface area contributed by atoms with E-state index in [-0.39, 0.29) is 11.8 Å². The Hall–Kier alpha value is -1.74. The summed E-state index contributed by atoms with van der Waals surface area (Å²) in [6.45, 7) is 2.06. The zero-order valence-electron chi connectivity index (χ0n) is 15.9. The van der Waals surface area contributed by atoms with Gasteiger partial charge in [-0.3, -0.25) is 9.69 Å². The molecule has 6 nitrogen and oxygen atoms in total. The molecule has 30 heavy (non-hydrogen) atoms. The van der Waals surface area contributed by atoms with Crippen LogP contribution in [0, 0.1) is 5.92 Å². The van der Waals surface area contributed by atoms with E-state index in [1.807, 2.05) is 36.4 Å². The van der Waals surface area contributed by atoms with Crippen LogP contribution >= 0.6 is 43.5 Å². The lowest BCUT2D eigenvalue weighted by Crippen LogP contribution is -2.40. The van der Waals surface area contributed by atoms with Crippen LogP contribution in [0.2, 0.25) is 5.02 Å². The van der Waals surface area contributed by atoms with Gasteiger partial charge in [-0.15, -0.1) is 0 Å². The molecule has 1 aliphatic heterocycles. The van der Waals surface area contributed by atoms with Crippen molar-refractivity contribution >= 4 is 55.1 Å². The highest BCUT2D eigenvalue weighted by atomic mass is 79.9. The van der Waals surface area contributed by atoms with Crippen LogP contribution in [0.15, 0.2) is 55.9 Å². The molecule has 1 aromatic heterocycles. The molecule has 0 spiro atoms. The summed E-state index contributed by atoms with van der Waals surface area (Å²) >= 11 is 12.9. The fraction of sp³-hybridized carbons (Fsp3) is 0.286. The summed E-state index contributed by atoms with van der Waals surface area (Å²) in [6.07, 6.45) is 1.79. The van der Waals surface area contributed by atoms with Crippen LogP contribution in [0.4, 0.5) is 5.69 Å². The molecule has 1 aliphatic rings. The van der Waals surface area contributed by atoms with E-state index in [4.69, 9.17) is 16.1 Å². The van der Waals surface area contributed by atoms with Gasteiger partial charge >= 0.3 is 0 Å². The van der Waals surface area contributed by atoms with Crippen molar-refractivity contribution in [2.45, 2.75) is 19.4 Å². The summed E-state index contributed by atoms with van der Waals surface area (Å²) in [5.41, 5.74) is 1.60. The second-order valence-electron chi connectivity index (χ2n) is 7.21. The predicted octanol–water partition coefficient (Wildman–Crippen LogP) is 5.77. The van der Waals surface area contributed by atoms with Gasteiger partial charge in [-0.2, -0.15) is 4.98 Å². The summed E-state index contributed by atoms with van der Waals surface area (Å²) in [6, 6.07) is 13.2. The van der Waals surface area contributed by atoms with E-state index in [1.54, 1.807) is 6.07 Å². The number of aromatic nitrogens is 2. The number of carbonyl (C=O) groups is 1. The highest BCUT2D eigenvalue weighted by Gasteiger charge is 2.27. The lowest BCUT2D eigenvalue weighted by atomic mass is 9.97. The van der Waals surface area contributed by atoms with Crippen LogP contribution < -0.4 is 5.32 Å². The molecule has 2 aromatic carbocycles. The smallest absolute Gasteiger partial charge is 0.241 e. The molecule has 0 saturated carbocycles. The number of amides is 1. The monoisotopic (exact) mass is 552 g/mol. The van der Waals surface area contributed by atoms with Gasteiger partial charge in [-0.1, -0.05) is 32.7 Å². The molecule has 0 bridgehead atoms. The van der Waals surface area contributed by atoms with E-state index in [2.05, 4.69) is 52.2 Å². The molecule has 1 unspecified atom stereocenters. The standard InChI is InChI=1S/C21H19Br2ClN4O2/c22-15-5-3-13(4-6-15)20-26-19(30-27-20)12-28-9-1-2-14(11-28)21(29)25-16-7-8-17(23)18(24)10-16/h3-8,10,14H,1-2,9,11-12H2,(H,25,29). The minimum absolute atomic E-state index is 0.000769. The number of piperidine rings is 1. The number of hydrogen-bond donors (Lipinski definition) is 1. The van der Waals surface area contributed by atoms with Crippen molar-refractivity contribution in [3.05, 3.63) is 62.3 Å². The molecule has 2 heterocycles. The van der Waals surface area contributed by atoms with E-state index in [0.717, 1.165) is 33.9 Å². The van der Waals surface area contributed by atoms with Crippen LogP contribution in [0.5, 0.6) is 0 Å². The third-order valence-corrected chi connectivity index (χ3v) is 6.75. The maximum atomic E-state index is 12.7. The zero-order valence-corrected chi connectivity index (χ0v) is 19.9. The lowest BCUT2D eigenvalue weighted by Gasteiger charge is -2.30. The van der Waals surface area contributed by atoms with Crippen LogP contribution in [0.1, 0.15) is 18.7 Å². The van der Waals surface area contributed by atoms with Crippen LogP contribution in [0.3, 0.4) is 0 Å². The first-order valence-corrected chi connectivity index (χ1v) is 11.5. The lowest BCUT2D eigenvalue weighted by molar-refractivity contribution is -0.121. The van der Waals surface area contributed by atoms with Gasteiger partial charge in [-0.05, 0) is 77.8 Å². The fourth-order valence-corrected chi connectivity index (χ4v) is 4.15. The molecular formula is C21H19Br2ClN4O2.